The molecule has 0 amide bonds. The van der Waals surface area contributed by atoms with Gasteiger partial charge in [-0.15, -0.1) is 0 Å². The van der Waals surface area contributed by atoms with Gasteiger partial charge in [-0.2, -0.15) is 0 Å². The molecule has 0 spiro atoms. The Morgan fingerprint density at radius 1 is 1.09 bits per heavy atom. The number of aliphatic imine (C=N–C) groups is 1. The van der Waals surface area contributed by atoms with Gasteiger partial charge in [-0.1, -0.05) is 48.5 Å². The highest BCUT2D eigenvalue weighted by Crippen LogP contribution is 2.35. The third-order valence-electron chi connectivity index (χ3n) is 3.54. The van der Waals surface area contributed by atoms with Crippen LogP contribution in [0.15, 0.2) is 65.7 Å². The number of nitrogens with zero attached hydrogens (tertiary/aromatic N) is 1. The fraction of sp³-hybridized carbons (Fsp3) is 0.167. The summed E-state index contributed by atoms with van der Waals surface area (Å²) < 4.78 is 10.4. The molecule has 0 saturated heterocycles. The van der Waals surface area contributed by atoms with Crippen LogP contribution in [0, 0.1) is 0 Å². The van der Waals surface area contributed by atoms with E-state index in [0.717, 1.165) is 0 Å². The maximum absolute atomic E-state index is 12.6. The number of ether oxygens (including phenoxy) is 2. The lowest BCUT2D eigenvalue weighted by molar-refractivity contribution is -0.158. The summed E-state index contributed by atoms with van der Waals surface area (Å²) in [5, 5.41) is 0. The van der Waals surface area contributed by atoms with Gasteiger partial charge < -0.3 is 9.47 Å². The average Bonchev–Trinajstić information content (AvgIpc) is 2.95. The molecule has 1 aliphatic rings. The van der Waals surface area contributed by atoms with Crippen molar-refractivity contribution in [2.24, 2.45) is 4.99 Å². The molecule has 1 aliphatic heterocycles. The number of esters is 2. The van der Waals surface area contributed by atoms with Crippen LogP contribution in [0.1, 0.15) is 18.1 Å². The summed E-state index contributed by atoms with van der Waals surface area (Å²) in [6.07, 6.45) is 0. The predicted molar refractivity (Wildman–Crippen MR) is 83.8 cm³/mol. The normalized spacial score (nSPS) is 19.9. The number of hydrogen-bond donors (Lipinski definition) is 0. The first-order chi connectivity index (χ1) is 11.2. The molecule has 1 unspecified atom stereocenters. The molecule has 0 saturated carbocycles. The van der Waals surface area contributed by atoms with E-state index in [0.29, 0.717) is 11.1 Å². The third-order valence-corrected chi connectivity index (χ3v) is 3.54. The van der Waals surface area contributed by atoms with Crippen molar-refractivity contribution in [3.05, 3.63) is 71.8 Å². The summed E-state index contributed by atoms with van der Waals surface area (Å²) in [4.78, 5) is 29.4. The molecule has 23 heavy (non-hydrogen) atoms. The van der Waals surface area contributed by atoms with E-state index in [9.17, 15) is 9.59 Å². The molecule has 0 aromatic heterocycles. The number of rotatable bonds is 4. The fourth-order valence-corrected chi connectivity index (χ4v) is 2.43. The van der Waals surface area contributed by atoms with E-state index in [1.165, 1.54) is 0 Å². The van der Waals surface area contributed by atoms with Crippen molar-refractivity contribution in [2.45, 2.75) is 12.5 Å². The van der Waals surface area contributed by atoms with Crippen molar-refractivity contribution in [2.75, 3.05) is 6.61 Å². The Kier molecular flexibility index (Phi) is 3.93. The minimum absolute atomic E-state index is 0.118. The lowest BCUT2D eigenvalue weighted by atomic mass is 9.91. The minimum atomic E-state index is -1.80. The van der Waals surface area contributed by atoms with Gasteiger partial charge in [0.25, 0.3) is 5.54 Å². The Bertz CT molecular complexity index is 755. The second-order valence-electron chi connectivity index (χ2n) is 4.97. The first-order valence-corrected chi connectivity index (χ1v) is 7.28. The Morgan fingerprint density at radius 3 is 2.30 bits per heavy atom. The van der Waals surface area contributed by atoms with Gasteiger partial charge >= 0.3 is 11.9 Å². The molecule has 3 rings (SSSR count). The van der Waals surface area contributed by atoms with Crippen LogP contribution < -0.4 is 0 Å². The Morgan fingerprint density at radius 2 is 1.70 bits per heavy atom. The van der Waals surface area contributed by atoms with Gasteiger partial charge in [-0.05, 0) is 19.1 Å². The van der Waals surface area contributed by atoms with E-state index in [2.05, 4.69) is 4.99 Å². The molecular formula is C18H15NO4. The number of benzene rings is 2. The van der Waals surface area contributed by atoms with Crippen LogP contribution in [0.5, 0.6) is 0 Å². The van der Waals surface area contributed by atoms with Gasteiger partial charge in [0.2, 0.25) is 5.90 Å². The molecule has 0 N–H and O–H groups in total. The highest BCUT2D eigenvalue weighted by Gasteiger charge is 2.55. The van der Waals surface area contributed by atoms with Gasteiger partial charge in [0.15, 0.2) is 0 Å². The SMILES string of the molecule is CCOC(=O)C1(c2ccccc2)N=C(c2ccccc2)OC1=O. The first-order valence-electron chi connectivity index (χ1n) is 7.28. The summed E-state index contributed by atoms with van der Waals surface area (Å²) >= 11 is 0. The van der Waals surface area contributed by atoms with Gasteiger partial charge in [-0.3, -0.25) is 0 Å². The van der Waals surface area contributed by atoms with Crippen LogP contribution in [0.2, 0.25) is 0 Å². The van der Waals surface area contributed by atoms with E-state index in [-0.39, 0.29) is 12.5 Å². The zero-order chi connectivity index (χ0) is 16.3. The molecule has 1 heterocycles. The number of carbonyl (C=O) groups excluding carboxylic acids is 2. The maximum atomic E-state index is 12.6. The second-order valence-corrected chi connectivity index (χ2v) is 4.97. The lowest BCUT2D eigenvalue weighted by Gasteiger charge is -2.20. The van der Waals surface area contributed by atoms with E-state index in [1.54, 1.807) is 61.5 Å². The molecule has 0 aliphatic carbocycles. The van der Waals surface area contributed by atoms with Crippen LogP contribution in [0.4, 0.5) is 0 Å². The molecule has 1 atom stereocenters. The first kappa shape index (κ1) is 15.0. The van der Waals surface area contributed by atoms with Crippen molar-refractivity contribution < 1.29 is 19.1 Å². The molecule has 0 radical (unpaired) electrons. The zero-order valence-electron chi connectivity index (χ0n) is 12.6. The second kappa shape index (κ2) is 6.04. The lowest BCUT2D eigenvalue weighted by Crippen LogP contribution is -2.41. The van der Waals surface area contributed by atoms with Crippen LogP contribution in [0.25, 0.3) is 0 Å². The molecule has 116 valence electrons. The van der Waals surface area contributed by atoms with Crippen molar-refractivity contribution in [1.82, 2.24) is 0 Å². The number of cyclic esters (lactones) is 1. The van der Waals surface area contributed by atoms with Gasteiger partial charge in [0.05, 0.1) is 6.61 Å². The standard InChI is InChI=1S/C18H15NO4/c1-2-22-16(20)18(14-11-7-4-8-12-14)17(21)23-15(19-18)13-9-5-3-6-10-13/h3-12H,2H2,1H3. The van der Waals surface area contributed by atoms with E-state index >= 15 is 0 Å². The predicted octanol–water partition coefficient (Wildman–Crippen LogP) is 2.45. The molecule has 5 nitrogen and oxygen atoms in total. The summed E-state index contributed by atoms with van der Waals surface area (Å²) in [5.74, 6) is -1.37. The smallest absolute Gasteiger partial charge is 0.357 e. The monoisotopic (exact) mass is 309 g/mol. The quantitative estimate of drug-likeness (QED) is 0.643. The van der Waals surface area contributed by atoms with E-state index < -0.39 is 17.5 Å². The highest BCUT2D eigenvalue weighted by molar-refractivity contribution is 6.17. The number of carbonyl (C=O) groups is 2. The van der Waals surface area contributed by atoms with Crippen LogP contribution in [0.3, 0.4) is 0 Å². The molecule has 0 bridgehead atoms. The molecular weight excluding hydrogens is 294 g/mol. The average molecular weight is 309 g/mol. The van der Waals surface area contributed by atoms with Crippen molar-refractivity contribution in [3.63, 3.8) is 0 Å². The molecule has 0 fully saturated rings. The van der Waals surface area contributed by atoms with Gasteiger partial charge in [0.1, 0.15) is 0 Å². The van der Waals surface area contributed by atoms with Crippen LogP contribution in [-0.4, -0.2) is 24.4 Å². The minimum Gasteiger partial charge on any atom is -0.463 e. The third kappa shape index (κ3) is 2.50. The topological polar surface area (TPSA) is 65.0 Å². The molecule has 5 heteroatoms. The van der Waals surface area contributed by atoms with Gasteiger partial charge in [0, 0.05) is 11.1 Å². The zero-order valence-corrected chi connectivity index (χ0v) is 12.6. The van der Waals surface area contributed by atoms with Crippen molar-refractivity contribution in [3.8, 4) is 0 Å². The molecule has 2 aromatic rings. The Labute approximate surface area is 133 Å². The van der Waals surface area contributed by atoms with Crippen molar-refractivity contribution in [1.29, 1.82) is 0 Å². The summed E-state index contributed by atoms with van der Waals surface area (Å²) in [7, 11) is 0. The summed E-state index contributed by atoms with van der Waals surface area (Å²) in [5.41, 5.74) is -0.750. The highest BCUT2D eigenvalue weighted by atomic mass is 16.6. The van der Waals surface area contributed by atoms with Crippen LogP contribution >= 0.6 is 0 Å². The van der Waals surface area contributed by atoms with Gasteiger partial charge in [-0.25, -0.2) is 14.6 Å². The van der Waals surface area contributed by atoms with Crippen LogP contribution in [-0.2, 0) is 24.6 Å². The van der Waals surface area contributed by atoms with E-state index in [1.807, 2.05) is 6.07 Å². The summed E-state index contributed by atoms with van der Waals surface area (Å²) in [6.45, 7) is 1.83. The summed E-state index contributed by atoms with van der Waals surface area (Å²) in [6, 6.07) is 17.6. The molecule has 2 aromatic carbocycles. The largest absolute Gasteiger partial charge is 0.463 e. The van der Waals surface area contributed by atoms with Crippen molar-refractivity contribution >= 4 is 17.8 Å². The maximum Gasteiger partial charge on any atom is 0.357 e. The Hall–Kier alpha value is -2.95. The Balaban J connectivity index is 2.14. The number of hydrogen-bond acceptors (Lipinski definition) is 5. The fourth-order valence-electron chi connectivity index (χ4n) is 2.43. The van der Waals surface area contributed by atoms with E-state index in [4.69, 9.17) is 9.47 Å².